The largest absolute Gasteiger partial charge is 0.368 e. The normalized spacial score (nSPS) is 23.0. The van der Waals surface area contributed by atoms with E-state index in [1.165, 1.54) is 25.0 Å². The van der Waals surface area contributed by atoms with Crippen molar-refractivity contribution in [1.29, 1.82) is 0 Å². The Morgan fingerprint density at radius 1 is 1.26 bits per heavy atom. The summed E-state index contributed by atoms with van der Waals surface area (Å²) in [6.45, 7) is 2.04. The maximum atomic E-state index is 5.84. The highest BCUT2D eigenvalue weighted by Gasteiger charge is 2.24. The average molecular weight is 280 g/mol. The molecule has 2 aliphatic rings. The molecule has 3 heterocycles. The Morgan fingerprint density at radius 3 is 2.74 bits per heavy atom. The van der Waals surface area contributed by atoms with Gasteiger partial charge in [0.05, 0.1) is 0 Å². The molecule has 0 aliphatic carbocycles. The number of nitrogens with zero attached hydrogens (tertiary/aromatic N) is 5. The SMILES string of the molecule is CN(c1nc(N)nc(N2CCCC2)n1)C1CCSC1. The molecule has 1 atom stereocenters. The fourth-order valence-electron chi connectivity index (χ4n) is 2.58. The molecule has 19 heavy (non-hydrogen) atoms. The van der Waals surface area contributed by atoms with Crippen molar-refractivity contribution >= 4 is 29.6 Å². The highest BCUT2D eigenvalue weighted by molar-refractivity contribution is 7.99. The summed E-state index contributed by atoms with van der Waals surface area (Å²) in [5.74, 6) is 4.12. The third kappa shape index (κ3) is 2.70. The molecule has 1 aromatic rings. The molecule has 1 unspecified atom stereocenters. The molecular formula is C12H20N6S. The van der Waals surface area contributed by atoms with Gasteiger partial charge in [0.2, 0.25) is 17.8 Å². The summed E-state index contributed by atoms with van der Waals surface area (Å²) in [5, 5.41) is 0. The molecule has 0 bridgehead atoms. The maximum absolute atomic E-state index is 5.84. The predicted molar refractivity (Wildman–Crippen MR) is 79.8 cm³/mol. The van der Waals surface area contributed by atoms with E-state index in [0.29, 0.717) is 17.9 Å². The number of nitrogen functional groups attached to an aromatic ring is 1. The molecule has 0 saturated carbocycles. The molecule has 6 nitrogen and oxygen atoms in total. The van der Waals surface area contributed by atoms with Crippen LogP contribution in [0, 0.1) is 0 Å². The first-order valence-corrected chi connectivity index (χ1v) is 7.96. The van der Waals surface area contributed by atoms with E-state index in [1.807, 2.05) is 11.8 Å². The summed E-state index contributed by atoms with van der Waals surface area (Å²) >= 11 is 1.98. The molecule has 7 heteroatoms. The molecule has 3 rings (SSSR count). The van der Waals surface area contributed by atoms with Crippen LogP contribution in [0.2, 0.25) is 0 Å². The standard InChI is InChI=1S/C12H20N6S/c1-17(9-4-7-19-8-9)11-14-10(13)15-12(16-11)18-5-2-3-6-18/h9H,2-8H2,1H3,(H2,13,14,15,16). The number of rotatable bonds is 3. The summed E-state index contributed by atoms with van der Waals surface area (Å²) in [4.78, 5) is 17.5. The highest BCUT2D eigenvalue weighted by atomic mass is 32.2. The van der Waals surface area contributed by atoms with Gasteiger partial charge in [-0.1, -0.05) is 0 Å². The van der Waals surface area contributed by atoms with Crippen molar-refractivity contribution in [2.45, 2.75) is 25.3 Å². The van der Waals surface area contributed by atoms with Gasteiger partial charge in [0, 0.05) is 31.9 Å². The Morgan fingerprint density at radius 2 is 2.05 bits per heavy atom. The fourth-order valence-corrected chi connectivity index (χ4v) is 3.84. The second-order valence-electron chi connectivity index (χ2n) is 5.12. The van der Waals surface area contributed by atoms with Crippen LogP contribution < -0.4 is 15.5 Å². The minimum atomic E-state index is 0.324. The number of aromatic nitrogens is 3. The summed E-state index contributed by atoms with van der Waals surface area (Å²) in [5.41, 5.74) is 5.84. The lowest BCUT2D eigenvalue weighted by Crippen LogP contribution is -2.33. The van der Waals surface area contributed by atoms with E-state index >= 15 is 0 Å². The Balaban J connectivity index is 1.83. The van der Waals surface area contributed by atoms with Crippen molar-refractivity contribution in [3.05, 3.63) is 0 Å². The molecule has 2 aliphatic heterocycles. The van der Waals surface area contributed by atoms with Crippen LogP contribution >= 0.6 is 11.8 Å². The smallest absolute Gasteiger partial charge is 0.231 e. The van der Waals surface area contributed by atoms with Crippen LogP contribution in [0.15, 0.2) is 0 Å². The van der Waals surface area contributed by atoms with Crippen LogP contribution in [-0.4, -0.2) is 52.6 Å². The Labute approximate surface area is 117 Å². The van der Waals surface area contributed by atoms with Gasteiger partial charge in [-0.05, 0) is 25.0 Å². The van der Waals surface area contributed by atoms with Gasteiger partial charge >= 0.3 is 0 Å². The van der Waals surface area contributed by atoms with Gasteiger partial charge in [-0.25, -0.2) is 0 Å². The topological polar surface area (TPSA) is 71.2 Å². The number of anilines is 3. The Hall–Kier alpha value is -1.24. The van der Waals surface area contributed by atoms with Crippen LogP contribution in [0.3, 0.4) is 0 Å². The predicted octanol–water partition coefficient (Wildman–Crippen LogP) is 0.996. The molecular weight excluding hydrogens is 260 g/mol. The van der Waals surface area contributed by atoms with Gasteiger partial charge in [0.1, 0.15) is 0 Å². The zero-order chi connectivity index (χ0) is 13.2. The fraction of sp³-hybridized carbons (Fsp3) is 0.750. The lowest BCUT2D eigenvalue weighted by atomic mass is 10.2. The van der Waals surface area contributed by atoms with Gasteiger partial charge in [-0.3, -0.25) is 0 Å². The minimum absolute atomic E-state index is 0.324. The van der Waals surface area contributed by atoms with Crippen molar-refractivity contribution in [3.8, 4) is 0 Å². The van der Waals surface area contributed by atoms with Crippen molar-refractivity contribution in [2.24, 2.45) is 0 Å². The van der Waals surface area contributed by atoms with Gasteiger partial charge in [-0.2, -0.15) is 26.7 Å². The number of hydrogen-bond acceptors (Lipinski definition) is 7. The van der Waals surface area contributed by atoms with E-state index in [-0.39, 0.29) is 0 Å². The van der Waals surface area contributed by atoms with Crippen molar-refractivity contribution in [2.75, 3.05) is 47.2 Å². The first-order chi connectivity index (χ1) is 9.24. The molecule has 2 N–H and O–H groups in total. The summed E-state index contributed by atoms with van der Waals surface area (Å²) in [7, 11) is 2.05. The maximum Gasteiger partial charge on any atom is 0.231 e. The molecule has 0 radical (unpaired) electrons. The Bertz CT molecular complexity index is 442. The molecule has 1 aromatic heterocycles. The van der Waals surface area contributed by atoms with Gasteiger partial charge < -0.3 is 15.5 Å². The van der Waals surface area contributed by atoms with Gasteiger partial charge in [0.15, 0.2) is 0 Å². The average Bonchev–Trinajstić information content (AvgIpc) is 3.10. The summed E-state index contributed by atoms with van der Waals surface area (Å²) < 4.78 is 0. The van der Waals surface area contributed by atoms with Gasteiger partial charge in [0.25, 0.3) is 0 Å². The lowest BCUT2D eigenvalue weighted by Gasteiger charge is -2.25. The third-order valence-electron chi connectivity index (χ3n) is 3.79. The van der Waals surface area contributed by atoms with Crippen LogP contribution in [0.25, 0.3) is 0 Å². The molecule has 104 valence electrons. The van der Waals surface area contributed by atoms with Crippen LogP contribution in [0.1, 0.15) is 19.3 Å². The van der Waals surface area contributed by atoms with Crippen molar-refractivity contribution in [1.82, 2.24) is 15.0 Å². The van der Waals surface area contributed by atoms with E-state index in [0.717, 1.165) is 24.8 Å². The van der Waals surface area contributed by atoms with E-state index in [1.54, 1.807) is 0 Å². The van der Waals surface area contributed by atoms with Crippen LogP contribution in [0.4, 0.5) is 17.8 Å². The molecule has 2 saturated heterocycles. The summed E-state index contributed by atoms with van der Waals surface area (Å²) in [6.07, 6.45) is 3.60. The van der Waals surface area contributed by atoms with Crippen molar-refractivity contribution in [3.63, 3.8) is 0 Å². The van der Waals surface area contributed by atoms with Gasteiger partial charge in [-0.15, -0.1) is 0 Å². The number of nitrogens with two attached hydrogens (primary N) is 1. The molecule has 0 spiro atoms. The van der Waals surface area contributed by atoms with E-state index in [9.17, 15) is 0 Å². The van der Waals surface area contributed by atoms with Crippen molar-refractivity contribution < 1.29 is 0 Å². The first kappa shape index (κ1) is 12.8. The molecule has 2 fully saturated rings. The first-order valence-electron chi connectivity index (χ1n) is 6.81. The second kappa shape index (κ2) is 5.40. The third-order valence-corrected chi connectivity index (χ3v) is 4.93. The zero-order valence-corrected chi connectivity index (χ0v) is 12.1. The highest BCUT2D eigenvalue weighted by Crippen LogP contribution is 2.25. The van der Waals surface area contributed by atoms with E-state index in [4.69, 9.17) is 5.73 Å². The van der Waals surface area contributed by atoms with E-state index in [2.05, 4.69) is 31.8 Å². The molecule has 0 aromatic carbocycles. The minimum Gasteiger partial charge on any atom is -0.368 e. The van der Waals surface area contributed by atoms with Crippen LogP contribution in [0.5, 0.6) is 0 Å². The lowest BCUT2D eigenvalue weighted by molar-refractivity contribution is 0.678. The monoisotopic (exact) mass is 280 g/mol. The van der Waals surface area contributed by atoms with E-state index < -0.39 is 0 Å². The van der Waals surface area contributed by atoms with Crippen LogP contribution in [-0.2, 0) is 0 Å². The summed E-state index contributed by atoms with van der Waals surface area (Å²) in [6, 6.07) is 0.512. The Kier molecular flexibility index (Phi) is 3.63. The quantitative estimate of drug-likeness (QED) is 0.885. The number of hydrogen-bond donors (Lipinski definition) is 1. The second-order valence-corrected chi connectivity index (χ2v) is 6.27. The number of thioether (sulfide) groups is 1. The zero-order valence-electron chi connectivity index (χ0n) is 11.2. The molecule has 0 amide bonds.